The second kappa shape index (κ2) is 8.56. The van der Waals surface area contributed by atoms with Crippen LogP contribution in [0.1, 0.15) is 0 Å². The number of halogens is 2. The summed E-state index contributed by atoms with van der Waals surface area (Å²) in [6, 6.07) is 9.93. The summed E-state index contributed by atoms with van der Waals surface area (Å²) in [7, 11) is 0. The molecule has 0 unspecified atom stereocenters. The zero-order valence-corrected chi connectivity index (χ0v) is 18.6. The number of nitrogens with zero attached hydrogens (tertiary/aromatic N) is 3. The fourth-order valence-corrected chi connectivity index (χ4v) is 4.50. The number of nitrogens with one attached hydrogen (secondary N) is 2. The zero-order valence-electron chi connectivity index (χ0n) is 16.5. The highest BCUT2D eigenvalue weighted by Crippen LogP contribution is 2.36. The van der Waals surface area contributed by atoms with Crippen molar-refractivity contribution in [3.8, 4) is 0 Å². The highest BCUT2D eigenvalue weighted by Gasteiger charge is 2.25. The number of H-pyrrole nitrogens is 1. The summed E-state index contributed by atoms with van der Waals surface area (Å²) in [5.74, 6) is 0.232. The van der Waals surface area contributed by atoms with Gasteiger partial charge in [0.2, 0.25) is 5.95 Å². The van der Waals surface area contributed by atoms with Crippen LogP contribution in [0.3, 0.4) is 0 Å². The molecule has 9 heteroatoms. The van der Waals surface area contributed by atoms with Gasteiger partial charge in [-0.2, -0.15) is 0 Å². The fraction of sp³-hybridized carbons (Fsp3) is 0.381. The van der Waals surface area contributed by atoms with Gasteiger partial charge in [0.1, 0.15) is 5.52 Å². The van der Waals surface area contributed by atoms with Crippen molar-refractivity contribution < 1.29 is 13.9 Å². The zero-order chi connectivity index (χ0) is 20.5. The van der Waals surface area contributed by atoms with E-state index >= 15 is 4.39 Å². The average Bonchev–Trinajstić information content (AvgIpc) is 3.19. The number of anilines is 4. The quantitative estimate of drug-likeness (QED) is 0.509. The van der Waals surface area contributed by atoms with Crippen LogP contribution in [0.4, 0.5) is 27.4 Å². The minimum atomic E-state index is -0.296. The summed E-state index contributed by atoms with van der Waals surface area (Å²) in [6.07, 6.45) is 0. The summed E-state index contributed by atoms with van der Waals surface area (Å²) in [4.78, 5) is 12.2. The molecule has 3 aromatic rings. The first-order valence-corrected chi connectivity index (χ1v) is 11.2. The molecule has 0 saturated carbocycles. The van der Waals surface area contributed by atoms with Crippen molar-refractivity contribution in [1.82, 2.24) is 9.97 Å². The molecule has 30 heavy (non-hydrogen) atoms. The first kappa shape index (κ1) is 19.8. The van der Waals surface area contributed by atoms with Gasteiger partial charge < -0.3 is 29.6 Å². The Kier molecular flexibility index (Phi) is 5.66. The van der Waals surface area contributed by atoms with Crippen LogP contribution in [0.25, 0.3) is 11.0 Å². The first-order valence-electron chi connectivity index (χ1n) is 10.1. The molecule has 2 N–H and O–H groups in total. The lowest BCUT2D eigenvalue weighted by molar-refractivity contribution is 0.122. The van der Waals surface area contributed by atoms with Gasteiger partial charge in [0.25, 0.3) is 0 Å². The standard InChI is InChI=1S/C21H23FIN5O2/c22-18-16(27-4-8-29-9-5-27)13-17(28-6-10-30-11-7-28)19-20(18)26-21(25-19)24-15-3-1-2-14(23)12-15/h1-3,12-13H,4-11H2,(H2,24,25,26). The van der Waals surface area contributed by atoms with Gasteiger partial charge in [-0.1, -0.05) is 6.07 Å². The van der Waals surface area contributed by atoms with E-state index in [0.29, 0.717) is 62.2 Å². The molecular weight excluding hydrogens is 500 g/mol. The van der Waals surface area contributed by atoms with Crippen molar-refractivity contribution in [3.63, 3.8) is 0 Å². The molecule has 3 heterocycles. The van der Waals surface area contributed by atoms with Crippen LogP contribution in [0, 0.1) is 9.39 Å². The van der Waals surface area contributed by atoms with Crippen LogP contribution in [-0.2, 0) is 9.47 Å². The molecule has 2 aliphatic heterocycles. The average molecular weight is 523 g/mol. The van der Waals surface area contributed by atoms with Crippen molar-refractivity contribution in [1.29, 1.82) is 0 Å². The Bertz CT molecular complexity index is 1050. The number of aromatic nitrogens is 2. The number of imidazole rings is 1. The molecule has 0 radical (unpaired) electrons. The fourth-order valence-electron chi connectivity index (χ4n) is 3.95. The molecule has 2 fully saturated rings. The van der Waals surface area contributed by atoms with Crippen LogP contribution in [0.5, 0.6) is 0 Å². The number of fused-ring (bicyclic) bond motifs is 1. The summed E-state index contributed by atoms with van der Waals surface area (Å²) in [6.45, 7) is 5.39. The lowest BCUT2D eigenvalue weighted by Crippen LogP contribution is -2.38. The molecule has 2 aliphatic rings. The molecule has 0 aliphatic carbocycles. The van der Waals surface area contributed by atoms with E-state index in [9.17, 15) is 0 Å². The molecule has 7 nitrogen and oxygen atoms in total. The molecule has 0 spiro atoms. The van der Waals surface area contributed by atoms with Gasteiger partial charge in [-0.25, -0.2) is 9.37 Å². The molecule has 0 atom stereocenters. The highest BCUT2D eigenvalue weighted by molar-refractivity contribution is 14.1. The summed E-state index contributed by atoms with van der Waals surface area (Å²) in [5, 5.41) is 3.28. The third kappa shape index (κ3) is 3.93. The minimum Gasteiger partial charge on any atom is -0.378 e. The number of hydrogen-bond acceptors (Lipinski definition) is 6. The Morgan fingerprint density at radius 1 is 0.967 bits per heavy atom. The van der Waals surface area contributed by atoms with Crippen LogP contribution in [-0.4, -0.2) is 62.6 Å². The topological polar surface area (TPSA) is 65.7 Å². The van der Waals surface area contributed by atoms with E-state index in [2.05, 4.69) is 42.8 Å². The van der Waals surface area contributed by atoms with E-state index in [0.717, 1.165) is 28.0 Å². The van der Waals surface area contributed by atoms with Crippen LogP contribution < -0.4 is 15.1 Å². The minimum absolute atomic E-state index is 0.296. The number of aromatic amines is 1. The number of ether oxygens (including phenoxy) is 2. The van der Waals surface area contributed by atoms with E-state index in [4.69, 9.17) is 9.47 Å². The Morgan fingerprint density at radius 3 is 2.30 bits per heavy atom. The third-order valence-electron chi connectivity index (χ3n) is 5.46. The second-order valence-corrected chi connectivity index (χ2v) is 8.62. The molecular formula is C21H23FIN5O2. The maximum absolute atomic E-state index is 15.6. The molecule has 0 amide bonds. The molecule has 5 rings (SSSR count). The summed E-state index contributed by atoms with van der Waals surface area (Å²) >= 11 is 2.27. The van der Waals surface area contributed by atoms with Gasteiger partial charge in [-0.05, 0) is 46.9 Å². The molecule has 158 valence electrons. The highest BCUT2D eigenvalue weighted by atomic mass is 127. The molecule has 2 saturated heterocycles. The number of benzene rings is 2. The van der Waals surface area contributed by atoms with Gasteiger partial charge in [0.15, 0.2) is 5.82 Å². The van der Waals surface area contributed by atoms with Crippen molar-refractivity contribution in [3.05, 3.63) is 39.7 Å². The third-order valence-corrected chi connectivity index (χ3v) is 6.13. The lowest BCUT2D eigenvalue weighted by Gasteiger charge is -2.32. The molecule has 1 aromatic heterocycles. The van der Waals surface area contributed by atoms with Gasteiger partial charge in [0, 0.05) is 35.4 Å². The van der Waals surface area contributed by atoms with E-state index in [1.54, 1.807) is 0 Å². The van der Waals surface area contributed by atoms with E-state index in [1.807, 2.05) is 35.2 Å². The van der Waals surface area contributed by atoms with E-state index in [1.165, 1.54) is 0 Å². The first-order chi connectivity index (χ1) is 14.7. The van der Waals surface area contributed by atoms with Crippen molar-refractivity contribution in [2.24, 2.45) is 0 Å². The van der Waals surface area contributed by atoms with Crippen molar-refractivity contribution in [2.45, 2.75) is 0 Å². The molecule has 2 aromatic carbocycles. The summed E-state index contributed by atoms with van der Waals surface area (Å²) in [5.41, 5.74) is 3.51. The van der Waals surface area contributed by atoms with Gasteiger partial charge in [-0.3, -0.25) is 0 Å². The monoisotopic (exact) mass is 523 g/mol. The van der Waals surface area contributed by atoms with Crippen LogP contribution in [0.2, 0.25) is 0 Å². The normalized spacial score (nSPS) is 17.5. The predicted molar refractivity (Wildman–Crippen MR) is 125 cm³/mol. The Hall–Kier alpha value is -2.11. The van der Waals surface area contributed by atoms with Crippen molar-refractivity contribution >= 4 is 56.6 Å². The Labute approximate surface area is 187 Å². The van der Waals surface area contributed by atoms with Crippen LogP contribution >= 0.6 is 22.6 Å². The Balaban J connectivity index is 1.59. The summed E-state index contributed by atoms with van der Waals surface area (Å²) < 4.78 is 27.7. The predicted octanol–water partition coefficient (Wildman–Crippen LogP) is 3.72. The van der Waals surface area contributed by atoms with Gasteiger partial charge >= 0.3 is 0 Å². The Morgan fingerprint density at radius 2 is 1.63 bits per heavy atom. The number of hydrogen-bond donors (Lipinski definition) is 2. The second-order valence-electron chi connectivity index (χ2n) is 7.37. The van der Waals surface area contributed by atoms with Crippen molar-refractivity contribution in [2.75, 3.05) is 67.7 Å². The van der Waals surface area contributed by atoms with Crippen LogP contribution in [0.15, 0.2) is 30.3 Å². The smallest absolute Gasteiger partial charge is 0.205 e. The van der Waals surface area contributed by atoms with Gasteiger partial charge in [0.05, 0.1) is 43.3 Å². The maximum atomic E-state index is 15.6. The van der Waals surface area contributed by atoms with E-state index < -0.39 is 0 Å². The number of rotatable bonds is 4. The number of morpholine rings is 2. The largest absolute Gasteiger partial charge is 0.378 e. The lowest BCUT2D eigenvalue weighted by atomic mass is 10.1. The molecule has 0 bridgehead atoms. The van der Waals surface area contributed by atoms with Gasteiger partial charge in [-0.15, -0.1) is 0 Å². The SMILES string of the molecule is Fc1c(N2CCOCC2)cc(N2CCOCC2)c2[nH]c(Nc3cccc(I)c3)nc12. The van der Waals surface area contributed by atoms with E-state index in [-0.39, 0.29) is 5.82 Å². The maximum Gasteiger partial charge on any atom is 0.205 e.